The largest absolute Gasteiger partial charge is 0.369 e. The molecule has 0 aromatic heterocycles. The molecule has 0 saturated heterocycles. The molecule has 1 rings (SSSR count). The Balaban J connectivity index is 2.81. The Morgan fingerprint density at radius 1 is 1.29 bits per heavy atom. The molecule has 0 aromatic rings. The Morgan fingerprint density at radius 3 is 2.24 bits per heavy atom. The van der Waals surface area contributed by atoms with Crippen LogP contribution in [0.25, 0.3) is 0 Å². The highest BCUT2D eigenvalue weighted by molar-refractivity contribution is 5.87. The Hall–Kier alpha value is -1.32. The van der Waals surface area contributed by atoms with Crippen molar-refractivity contribution in [2.75, 3.05) is 0 Å². The number of carbonyl (C=O) groups is 2. The van der Waals surface area contributed by atoms with Gasteiger partial charge in [-0.15, -0.1) is 6.58 Å². The summed E-state index contributed by atoms with van der Waals surface area (Å²) in [4.78, 5) is 24.4. The lowest BCUT2D eigenvalue weighted by Crippen LogP contribution is -2.47. The molecule has 1 aliphatic carbocycles. The van der Waals surface area contributed by atoms with Crippen molar-refractivity contribution in [3.63, 3.8) is 0 Å². The summed E-state index contributed by atoms with van der Waals surface area (Å²) in [6, 6.07) is 0. The molecule has 0 bridgehead atoms. The maximum atomic E-state index is 12.5. The van der Waals surface area contributed by atoms with Crippen LogP contribution in [0.5, 0.6) is 0 Å². The van der Waals surface area contributed by atoms with Gasteiger partial charge < -0.3 is 11.1 Å². The molecular formula is C17H30N2O2. The molecule has 4 heteroatoms. The zero-order valence-corrected chi connectivity index (χ0v) is 13.9. The second kappa shape index (κ2) is 7.10. The van der Waals surface area contributed by atoms with E-state index < -0.39 is 11.8 Å². The molecule has 4 nitrogen and oxygen atoms in total. The van der Waals surface area contributed by atoms with Crippen molar-refractivity contribution >= 4 is 11.8 Å². The summed E-state index contributed by atoms with van der Waals surface area (Å²) >= 11 is 0. The summed E-state index contributed by atoms with van der Waals surface area (Å²) in [5.41, 5.74) is 6.16. The number of hydrogen-bond donors (Lipinski definition) is 2. The first kappa shape index (κ1) is 17.7. The van der Waals surface area contributed by atoms with Crippen molar-refractivity contribution in [2.45, 2.75) is 65.3 Å². The summed E-state index contributed by atoms with van der Waals surface area (Å²) in [6.45, 7) is 11.6. The molecule has 0 radical (unpaired) electrons. The predicted octanol–water partition coefficient (Wildman–Crippen LogP) is 2.78. The SMILES string of the molecule is C=C(C)CC(C(=O)NC(C)(C)C)C(CCC1CC1)C(N)=O. The van der Waals surface area contributed by atoms with Crippen LogP contribution >= 0.6 is 0 Å². The highest BCUT2D eigenvalue weighted by Gasteiger charge is 2.35. The fraction of sp³-hybridized carbons (Fsp3) is 0.765. The van der Waals surface area contributed by atoms with Crippen molar-refractivity contribution in [2.24, 2.45) is 23.5 Å². The molecule has 1 saturated carbocycles. The van der Waals surface area contributed by atoms with Crippen LogP contribution in [-0.4, -0.2) is 17.4 Å². The number of allylic oxidation sites excluding steroid dienone is 1. The number of nitrogens with two attached hydrogens (primary N) is 1. The number of amides is 2. The lowest BCUT2D eigenvalue weighted by atomic mass is 9.82. The molecule has 0 heterocycles. The molecule has 3 N–H and O–H groups in total. The standard InChI is InChI=1S/C17H30N2O2/c1-11(2)10-14(16(21)19-17(3,4)5)13(15(18)20)9-8-12-6-7-12/h12-14H,1,6-10H2,2-5H3,(H2,18,20)(H,19,21). The monoisotopic (exact) mass is 294 g/mol. The lowest BCUT2D eigenvalue weighted by Gasteiger charge is -2.29. The van der Waals surface area contributed by atoms with E-state index in [0.717, 1.165) is 17.9 Å². The van der Waals surface area contributed by atoms with Crippen LogP contribution in [0.2, 0.25) is 0 Å². The average molecular weight is 294 g/mol. The minimum absolute atomic E-state index is 0.0925. The number of hydrogen-bond acceptors (Lipinski definition) is 2. The van der Waals surface area contributed by atoms with Crippen molar-refractivity contribution in [1.29, 1.82) is 0 Å². The van der Waals surface area contributed by atoms with E-state index in [1.165, 1.54) is 12.8 Å². The smallest absolute Gasteiger partial charge is 0.224 e. The molecular weight excluding hydrogens is 264 g/mol. The van der Waals surface area contributed by atoms with Crippen LogP contribution in [0.15, 0.2) is 12.2 Å². The maximum absolute atomic E-state index is 12.5. The number of nitrogens with one attached hydrogen (secondary N) is 1. The van der Waals surface area contributed by atoms with E-state index in [1.807, 2.05) is 27.7 Å². The second-order valence-electron chi connectivity index (χ2n) is 7.54. The Bertz CT molecular complexity index is 406. The lowest BCUT2D eigenvalue weighted by molar-refractivity contribution is -0.134. The number of carbonyl (C=O) groups excluding carboxylic acids is 2. The second-order valence-corrected chi connectivity index (χ2v) is 7.54. The summed E-state index contributed by atoms with van der Waals surface area (Å²) < 4.78 is 0. The molecule has 2 amide bonds. The van der Waals surface area contributed by atoms with Gasteiger partial charge in [0, 0.05) is 11.5 Å². The first-order chi connectivity index (χ1) is 9.60. The van der Waals surface area contributed by atoms with Crippen molar-refractivity contribution in [3.8, 4) is 0 Å². The number of rotatable bonds is 8. The molecule has 0 spiro atoms. The highest BCUT2D eigenvalue weighted by atomic mass is 16.2. The van der Waals surface area contributed by atoms with Gasteiger partial charge in [0.2, 0.25) is 11.8 Å². The van der Waals surface area contributed by atoms with E-state index in [-0.39, 0.29) is 17.4 Å². The summed E-state index contributed by atoms with van der Waals surface area (Å²) in [5.74, 6) is -0.540. The fourth-order valence-electron chi connectivity index (χ4n) is 2.62. The summed E-state index contributed by atoms with van der Waals surface area (Å²) in [6.07, 6.45) is 4.69. The highest BCUT2D eigenvalue weighted by Crippen LogP contribution is 2.36. The van der Waals surface area contributed by atoms with E-state index >= 15 is 0 Å². The molecule has 2 atom stereocenters. The van der Waals surface area contributed by atoms with Crippen LogP contribution in [0.3, 0.4) is 0 Å². The maximum Gasteiger partial charge on any atom is 0.224 e. The van der Waals surface area contributed by atoms with Gasteiger partial charge in [-0.25, -0.2) is 0 Å². The topological polar surface area (TPSA) is 72.2 Å². The molecule has 1 fully saturated rings. The minimum atomic E-state index is -0.405. The molecule has 2 unspecified atom stereocenters. The van der Waals surface area contributed by atoms with E-state index in [9.17, 15) is 9.59 Å². The van der Waals surface area contributed by atoms with Crippen molar-refractivity contribution in [1.82, 2.24) is 5.32 Å². The average Bonchev–Trinajstić information content (AvgIpc) is 3.08. The quantitative estimate of drug-likeness (QED) is 0.676. The zero-order valence-electron chi connectivity index (χ0n) is 13.9. The predicted molar refractivity (Wildman–Crippen MR) is 85.5 cm³/mol. The third-order valence-corrected chi connectivity index (χ3v) is 3.84. The van der Waals surface area contributed by atoms with Gasteiger partial charge in [0.15, 0.2) is 0 Å². The van der Waals surface area contributed by atoms with Gasteiger partial charge >= 0.3 is 0 Å². The van der Waals surface area contributed by atoms with Gasteiger partial charge in [0.05, 0.1) is 5.92 Å². The third-order valence-electron chi connectivity index (χ3n) is 3.84. The fourth-order valence-corrected chi connectivity index (χ4v) is 2.62. The van der Waals surface area contributed by atoms with E-state index in [1.54, 1.807) is 0 Å². The van der Waals surface area contributed by atoms with Gasteiger partial charge in [-0.1, -0.05) is 18.4 Å². The van der Waals surface area contributed by atoms with Crippen LogP contribution in [0.4, 0.5) is 0 Å². The van der Waals surface area contributed by atoms with Gasteiger partial charge in [-0.2, -0.15) is 0 Å². The molecule has 1 aliphatic rings. The molecule has 0 aromatic carbocycles. The Morgan fingerprint density at radius 2 is 1.86 bits per heavy atom. The summed E-state index contributed by atoms with van der Waals surface area (Å²) in [5, 5.41) is 2.98. The first-order valence-corrected chi connectivity index (χ1v) is 7.86. The molecule has 21 heavy (non-hydrogen) atoms. The van der Waals surface area contributed by atoms with Gasteiger partial charge in [-0.3, -0.25) is 9.59 Å². The van der Waals surface area contributed by atoms with E-state index in [4.69, 9.17) is 5.73 Å². The van der Waals surface area contributed by atoms with Crippen molar-refractivity contribution in [3.05, 3.63) is 12.2 Å². The van der Waals surface area contributed by atoms with Gasteiger partial charge in [-0.05, 0) is 52.9 Å². The van der Waals surface area contributed by atoms with Crippen molar-refractivity contribution < 1.29 is 9.59 Å². The molecule has 0 aliphatic heterocycles. The normalized spacial score (nSPS) is 17.9. The molecule has 120 valence electrons. The zero-order chi connectivity index (χ0) is 16.2. The Labute approximate surface area is 128 Å². The number of primary amides is 1. The van der Waals surface area contributed by atoms with Crippen LogP contribution in [-0.2, 0) is 9.59 Å². The third kappa shape index (κ3) is 6.78. The van der Waals surface area contributed by atoms with Crippen LogP contribution < -0.4 is 11.1 Å². The van der Waals surface area contributed by atoms with Gasteiger partial charge in [0.25, 0.3) is 0 Å². The van der Waals surface area contributed by atoms with Crippen LogP contribution in [0.1, 0.15) is 59.8 Å². The minimum Gasteiger partial charge on any atom is -0.369 e. The first-order valence-electron chi connectivity index (χ1n) is 7.86. The van der Waals surface area contributed by atoms with E-state index in [0.29, 0.717) is 12.8 Å². The van der Waals surface area contributed by atoms with Gasteiger partial charge in [0.1, 0.15) is 0 Å². The van der Waals surface area contributed by atoms with E-state index in [2.05, 4.69) is 11.9 Å². The summed E-state index contributed by atoms with van der Waals surface area (Å²) in [7, 11) is 0. The Kier molecular flexibility index (Phi) is 5.99. The van der Waals surface area contributed by atoms with Crippen LogP contribution in [0, 0.1) is 17.8 Å².